The lowest BCUT2D eigenvalue weighted by atomic mass is 10.2. The molecular weight excluding hydrogens is 234 g/mol. The Morgan fingerprint density at radius 2 is 1.71 bits per heavy atom. The van der Waals surface area contributed by atoms with Gasteiger partial charge in [-0.3, -0.25) is 0 Å². The summed E-state index contributed by atoms with van der Waals surface area (Å²) >= 11 is 6.03. The van der Waals surface area contributed by atoms with Gasteiger partial charge in [0.1, 0.15) is 0 Å². The zero-order valence-corrected chi connectivity index (χ0v) is 10.6. The van der Waals surface area contributed by atoms with Crippen molar-refractivity contribution >= 4 is 17.4 Å². The minimum Gasteiger partial charge on any atom is -0.363 e. The number of benzene rings is 1. The summed E-state index contributed by atoms with van der Waals surface area (Å²) in [7, 11) is 0. The van der Waals surface area contributed by atoms with Crippen LogP contribution in [0.1, 0.15) is 17.0 Å². The van der Waals surface area contributed by atoms with Crippen LogP contribution in [0, 0.1) is 13.8 Å². The lowest BCUT2D eigenvalue weighted by molar-refractivity contribution is 1.02. The second-order valence-corrected chi connectivity index (χ2v) is 4.23. The Labute approximate surface area is 106 Å². The van der Waals surface area contributed by atoms with Gasteiger partial charge in [0.15, 0.2) is 11.0 Å². The number of aryl methyl sites for hydroxylation is 2. The van der Waals surface area contributed by atoms with E-state index in [4.69, 9.17) is 11.6 Å². The summed E-state index contributed by atoms with van der Waals surface area (Å²) in [5.74, 6) is 0.638. The molecule has 2 rings (SSSR count). The van der Waals surface area contributed by atoms with E-state index in [1.807, 2.05) is 32.0 Å². The molecule has 0 aliphatic heterocycles. The maximum atomic E-state index is 6.03. The van der Waals surface area contributed by atoms with Gasteiger partial charge in [0.05, 0.1) is 11.4 Å². The quantitative estimate of drug-likeness (QED) is 0.904. The Balaban J connectivity index is 2.12. The molecule has 88 valence electrons. The molecule has 0 amide bonds. The topological polar surface area (TPSA) is 37.8 Å². The summed E-state index contributed by atoms with van der Waals surface area (Å²) < 4.78 is 0. The molecule has 0 saturated carbocycles. The van der Waals surface area contributed by atoms with Crippen molar-refractivity contribution in [2.75, 3.05) is 5.32 Å². The van der Waals surface area contributed by atoms with E-state index in [1.54, 1.807) is 0 Å². The molecule has 0 saturated heterocycles. The molecule has 0 unspecified atom stereocenters. The Hall–Kier alpha value is -1.61. The second kappa shape index (κ2) is 5.15. The third-order valence-corrected chi connectivity index (χ3v) is 2.83. The fourth-order valence-electron chi connectivity index (χ4n) is 1.47. The van der Waals surface area contributed by atoms with Crippen LogP contribution in [0.5, 0.6) is 0 Å². The molecule has 0 aliphatic carbocycles. The van der Waals surface area contributed by atoms with Crippen molar-refractivity contribution in [1.29, 1.82) is 0 Å². The van der Waals surface area contributed by atoms with Gasteiger partial charge in [-0.15, -0.1) is 0 Å². The van der Waals surface area contributed by atoms with Gasteiger partial charge in [-0.1, -0.05) is 41.9 Å². The van der Waals surface area contributed by atoms with Crippen molar-refractivity contribution < 1.29 is 0 Å². The fourth-order valence-corrected chi connectivity index (χ4v) is 1.71. The highest BCUT2D eigenvalue weighted by molar-refractivity contribution is 6.31. The van der Waals surface area contributed by atoms with Crippen LogP contribution in [-0.4, -0.2) is 9.97 Å². The number of hydrogen-bond donors (Lipinski definition) is 1. The SMILES string of the molecule is Cc1nc(Cl)c(NCc2ccccc2)nc1C. The van der Waals surface area contributed by atoms with E-state index >= 15 is 0 Å². The summed E-state index contributed by atoms with van der Waals surface area (Å²) in [6.45, 7) is 4.51. The predicted octanol–water partition coefficient (Wildman–Crippen LogP) is 3.36. The van der Waals surface area contributed by atoms with Crippen molar-refractivity contribution in [3.05, 3.63) is 52.4 Å². The molecule has 1 N–H and O–H groups in total. The first-order chi connectivity index (χ1) is 8.16. The number of anilines is 1. The van der Waals surface area contributed by atoms with E-state index < -0.39 is 0 Å². The molecule has 2 aromatic rings. The zero-order valence-electron chi connectivity index (χ0n) is 9.87. The molecule has 0 radical (unpaired) electrons. The molecule has 0 aliphatic rings. The highest BCUT2D eigenvalue weighted by Crippen LogP contribution is 2.19. The molecule has 1 heterocycles. The summed E-state index contributed by atoms with van der Waals surface area (Å²) in [4.78, 5) is 8.61. The summed E-state index contributed by atoms with van der Waals surface area (Å²) in [5.41, 5.74) is 2.94. The molecule has 0 spiro atoms. The number of nitrogens with zero attached hydrogens (tertiary/aromatic N) is 2. The molecule has 3 nitrogen and oxygen atoms in total. The highest BCUT2D eigenvalue weighted by Gasteiger charge is 2.06. The van der Waals surface area contributed by atoms with Crippen molar-refractivity contribution in [2.45, 2.75) is 20.4 Å². The first-order valence-corrected chi connectivity index (χ1v) is 5.83. The zero-order chi connectivity index (χ0) is 12.3. The van der Waals surface area contributed by atoms with E-state index in [1.165, 1.54) is 5.56 Å². The molecule has 17 heavy (non-hydrogen) atoms. The highest BCUT2D eigenvalue weighted by atomic mass is 35.5. The molecule has 1 aromatic carbocycles. The number of nitrogens with one attached hydrogen (secondary N) is 1. The van der Waals surface area contributed by atoms with E-state index in [0.717, 1.165) is 11.4 Å². The lowest BCUT2D eigenvalue weighted by Gasteiger charge is -2.09. The van der Waals surface area contributed by atoms with Crippen LogP contribution in [0.2, 0.25) is 5.15 Å². The fraction of sp³-hybridized carbons (Fsp3) is 0.231. The minimum atomic E-state index is 0.420. The number of halogens is 1. The molecule has 4 heteroatoms. The minimum absolute atomic E-state index is 0.420. The maximum absolute atomic E-state index is 6.03. The van der Waals surface area contributed by atoms with E-state index in [2.05, 4.69) is 27.4 Å². The lowest BCUT2D eigenvalue weighted by Crippen LogP contribution is -2.05. The maximum Gasteiger partial charge on any atom is 0.171 e. The normalized spacial score (nSPS) is 10.3. The van der Waals surface area contributed by atoms with Crippen LogP contribution >= 0.6 is 11.6 Å². The van der Waals surface area contributed by atoms with Gasteiger partial charge in [-0.2, -0.15) is 0 Å². The standard InChI is InChI=1S/C13H14ClN3/c1-9-10(2)17-13(12(14)16-9)15-8-11-6-4-3-5-7-11/h3-7H,8H2,1-2H3,(H,15,17). The van der Waals surface area contributed by atoms with Crippen LogP contribution in [0.3, 0.4) is 0 Å². The van der Waals surface area contributed by atoms with Gasteiger partial charge in [-0.25, -0.2) is 9.97 Å². The van der Waals surface area contributed by atoms with Crippen LogP contribution in [0.4, 0.5) is 5.82 Å². The smallest absolute Gasteiger partial charge is 0.171 e. The Bertz CT molecular complexity index is 512. The summed E-state index contributed by atoms with van der Waals surface area (Å²) in [5, 5.41) is 3.61. The molecule has 0 bridgehead atoms. The number of hydrogen-bond acceptors (Lipinski definition) is 3. The van der Waals surface area contributed by atoms with Gasteiger partial charge in [0.25, 0.3) is 0 Å². The Morgan fingerprint density at radius 3 is 2.41 bits per heavy atom. The number of aromatic nitrogens is 2. The van der Waals surface area contributed by atoms with Gasteiger partial charge in [0, 0.05) is 6.54 Å². The van der Waals surface area contributed by atoms with E-state index in [9.17, 15) is 0 Å². The van der Waals surface area contributed by atoms with Crippen LogP contribution in [0.15, 0.2) is 30.3 Å². The van der Waals surface area contributed by atoms with Gasteiger partial charge < -0.3 is 5.32 Å². The molecule has 1 aromatic heterocycles. The third-order valence-electron chi connectivity index (χ3n) is 2.57. The average Bonchev–Trinajstić information content (AvgIpc) is 2.33. The Kier molecular flexibility index (Phi) is 3.59. The van der Waals surface area contributed by atoms with Crippen molar-refractivity contribution in [3.8, 4) is 0 Å². The van der Waals surface area contributed by atoms with Crippen LogP contribution in [-0.2, 0) is 6.54 Å². The van der Waals surface area contributed by atoms with E-state index in [-0.39, 0.29) is 0 Å². The first kappa shape index (κ1) is 11.9. The van der Waals surface area contributed by atoms with Crippen LogP contribution in [0.25, 0.3) is 0 Å². The first-order valence-electron chi connectivity index (χ1n) is 5.45. The van der Waals surface area contributed by atoms with Crippen molar-refractivity contribution in [1.82, 2.24) is 9.97 Å². The van der Waals surface area contributed by atoms with Gasteiger partial charge in [-0.05, 0) is 19.4 Å². The van der Waals surface area contributed by atoms with E-state index in [0.29, 0.717) is 17.5 Å². The molecule has 0 atom stereocenters. The molecule has 0 fully saturated rings. The van der Waals surface area contributed by atoms with Crippen molar-refractivity contribution in [2.24, 2.45) is 0 Å². The average molecular weight is 248 g/mol. The number of rotatable bonds is 3. The van der Waals surface area contributed by atoms with Crippen LogP contribution < -0.4 is 5.32 Å². The molecular formula is C13H14ClN3. The second-order valence-electron chi connectivity index (χ2n) is 3.87. The monoisotopic (exact) mass is 247 g/mol. The summed E-state index contributed by atoms with van der Waals surface area (Å²) in [6, 6.07) is 10.1. The van der Waals surface area contributed by atoms with Crippen molar-refractivity contribution in [3.63, 3.8) is 0 Å². The van der Waals surface area contributed by atoms with Gasteiger partial charge >= 0.3 is 0 Å². The summed E-state index contributed by atoms with van der Waals surface area (Å²) in [6.07, 6.45) is 0. The predicted molar refractivity (Wildman–Crippen MR) is 70.3 cm³/mol. The largest absolute Gasteiger partial charge is 0.363 e. The third kappa shape index (κ3) is 2.94. The van der Waals surface area contributed by atoms with Gasteiger partial charge in [0.2, 0.25) is 0 Å². The Morgan fingerprint density at radius 1 is 1.06 bits per heavy atom.